The summed E-state index contributed by atoms with van der Waals surface area (Å²) in [4.78, 5) is 14.0. The Morgan fingerprint density at radius 2 is 1.79 bits per heavy atom. The standard InChI is InChI=1S/C21H25ClN2O4S/c1-28-21(25)17-6-8-19(9-7-17)29(26,27)23-14-16-10-12-24(13-11-16)15-18-4-2-3-5-20(18)22/h2-9,16,23H,10-15H2,1H3. The number of piperidine rings is 1. The third-order valence-corrected chi connectivity index (χ3v) is 7.01. The van der Waals surface area contributed by atoms with E-state index >= 15 is 0 Å². The molecule has 0 atom stereocenters. The first-order valence-electron chi connectivity index (χ1n) is 9.53. The molecule has 1 fully saturated rings. The van der Waals surface area contributed by atoms with Gasteiger partial charge in [-0.25, -0.2) is 17.9 Å². The Kier molecular flexibility index (Phi) is 7.29. The van der Waals surface area contributed by atoms with Crippen LogP contribution in [-0.4, -0.2) is 46.0 Å². The number of halogens is 1. The van der Waals surface area contributed by atoms with E-state index in [0.717, 1.165) is 43.1 Å². The van der Waals surface area contributed by atoms with E-state index < -0.39 is 16.0 Å². The average molecular weight is 437 g/mol. The summed E-state index contributed by atoms with van der Waals surface area (Å²) in [6.45, 7) is 3.03. The quantitative estimate of drug-likeness (QED) is 0.674. The summed E-state index contributed by atoms with van der Waals surface area (Å²) < 4.78 is 32.4. The van der Waals surface area contributed by atoms with Crippen molar-refractivity contribution < 1.29 is 17.9 Å². The summed E-state index contributed by atoms with van der Waals surface area (Å²) in [6, 6.07) is 13.6. The number of methoxy groups -OCH3 is 1. The van der Waals surface area contributed by atoms with Gasteiger partial charge in [0.25, 0.3) is 0 Å². The number of nitrogens with zero attached hydrogens (tertiary/aromatic N) is 1. The van der Waals surface area contributed by atoms with E-state index in [-0.39, 0.29) is 4.90 Å². The molecule has 1 N–H and O–H groups in total. The largest absolute Gasteiger partial charge is 0.465 e. The zero-order valence-corrected chi connectivity index (χ0v) is 17.9. The molecule has 0 spiro atoms. The molecule has 156 valence electrons. The minimum atomic E-state index is -3.61. The third kappa shape index (κ3) is 5.79. The molecule has 0 saturated carbocycles. The topological polar surface area (TPSA) is 75.7 Å². The number of esters is 1. The summed E-state index contributed by atoms with van der Waals surface area (Å²) in [5.41, 5.74) is 1.43. The molecule has 0 aliphatic carbocycles. The highest BCUT2D eigenvalue weighted by Crippen LogP contribution is 2.22. The number of hydrogen-bond donors (Lipinski definition) is 1. The molecule has 0 radical (unpaired) electrons. The smallest absolute Gasteiger partial charge is 0.337 e. The minimum absolute atomic E-state index is 0.140. The molecule has 0 bridgehead atoms. The molecule has 2 aromatic rings. The first kappa shape index (κ1) is 21.8. The molecule has 0 amide bonds. The van der Waals surface area contributed by atoms with Crippen LogP contribution in [0.5, 0.6) is 0 Å². The van der Waals surface area contributed by atoms with Gasteiger partial charge in [0.1, 0.15) is 0 Å². The molecule has 3 rings (SSSR count). The molecular weight excluding hydrogens is 412 g/mol. The first-order valence-corrected chi connectivity index (χ1v) is 11.4. The van der Waals surface area contributed by atoms with E-state index in [1.54, 1.807) is 0 Å². The fourth-order valence-electron chi connectivity index (χ4n) is 3.42. The van der Waals surface area contributed by atoms with Crippen LogP contribution in [0.3, 0.4) is 0 Å². The van der Waals surface area contributed by atoms with Crippen molar-refractivity contribution in [2.45, 2.75) is 24.3 Å². The summed E-state index contributed by atoms with van der Waals surface area (Å²) in [6.07, 6.45) is 1.85. The molecule has 0 unspecified atom stereocenters. The number of carbonyl (C=O) groups is 1. The van der Waals surface area contributed by atoms with Crippen LogP contribution in [0.2, 0.25) is 5.02 Å². The lowest BCUT2D eigenvalue weighted by Gasteiger charge is -2.32. The number of nitrogens with one attached hydrogen (secondary N) is 1. The van der Waals surface area contributed by atoms with E-state index in [1.807, 2.05) is 24.3 Å². The highest BCUT2D eigenvalue weighted by atomic mass is 35.5. The second kappa shape index (κ2) is 9.71. The van der Waals surface area contributed by atoms with E-state index in [4.69, 9.17) is 11.6 Å². The van der Waals surface area contributed by atoms with Crippen molar-refractivity contribution in [1.29, 1.82) is 0 Å². The van der Waals surface area contributed by atoms with Crippen LogP contribution in [0.1, 0.15) is 28.8 Å². The van der Waals surface area contributed by atoms with Crippen molar-refractivity contribution in [3.05, 3.63) is 64.7 Å². The van der Waals surface area contributed by atoms with Crippen LogP contribution in [0, 0.1) is 5.92 Å². The van der Waals surface area contributed by atoms with Gasteiger partial charge in [0.15, 0.2) is 0 Å². The van der Waals surface area contributed by atoms with Crippen LogP contribution in [0.25, 0.3) is 0 Å². The maximum absolute atomic E-state index is 12.5. The van der Waals surface area contributed by atoms with Gasteiger partial charge in [-0.05, 0) is 67.7 Å². The zero-order valence-electron chi connectivity index (χ0n) is 16.3. The Labute approximate surface area is 176 Å². The molecule has 29 heavy (non-hydrogen) atoms. The first-order chi connectivity index (χ1) is 13.9. The SMILES string of the molecule is COC(=O)c1ccc(S(=O)(=O)NCC2CCN(Cc3ccccc3Cl)CC2)cc1. The molecular formula is C21H25ClN2O4S. The molecule has 8 heteroatoms. The monoisotopic (exact) mass is 436 g/mol. The number of carbonyl (C=O) groups excluding carboxylic acids is 1. The van der Waals surface area contributed by atoms with Gasteiger partial charge in [0.2, 0.25) is 10.0 Å². The maximum atomic E-state index is 12.5. The van der Waals surface area contributed by atoms with Gasteiger partial charge in [0, 0.05) is 18.1 Å². The van der Waals surface area contributed by atoms with Gasteiger partial charge >= 0.3 is 5.97 Å². The predicted molar refractivity (Wildman–Crippen MR) is 112 cm³/mol. The Hall–Kier alpha value is -1.93. The van der Waals surface area contributed by atoms with Gasteiger partial charge in [0.05, 0.1) is 17.6 Å². The molecule has 2 aromatic carbocycles. The third-order valence-electron chi connectivity index (χ3n) is 5.21. The fourth-order valence-corrected chi connectivity index (χ4v) is 4.73. The lowest BCUT2D eigenvalue weighted by molar-refractivity contribution is 0.0600. The number of ether oxygens (including phenoxy) is 1. The Morgan fingerprint density at radius 3 is 2.41 bits per heavy atom. The van der Waals surface area contributed by atoms with Gasteiger partial charge in [-0.1, -0.05) is 29.8 Å². The Bertz CT molecular complexity index is 939. The molecule has 1 heterocycles. The van der Waals surface area contributed by atoms with E-state index in [2.05, 4.69) is 14.4 Å². The van der Waals surface area contributed by atoms with Crippen molar-refractivity contribution >= 4 is 27.6 Å². The second-order valence-corrected chi connectivity index (χ2v) is 9.35. The summed E-state index contributed by atoms with van der Waals surface area (Å²) in [5.74, 6) is -0.202. The van der Waals surface area contributed by atoms with E-state index in [0.29, 0.717) is 18.0 Å². The fraction of sp³-hybridized carbons (Fsp3) is 0.381. The lowest BCUT2D eigenvalue weighted by Crippen LogP contribution is -2.38. The molecule has 1 aliphatic heterocycles. The van der Waals surface area contributed by atoms with E-state index in [1.165, 1.54) is 31.4 Å². The highest BCUT2D eigenvalue weighted by Gasteiger charge is 2.22. The summed E-state index contributed by atoms with van der Waals surface area (Å²) >= 11 is 6.24. The van der Waals surface area contributed by atoms with Gasteiger partial charge < -0.3 is 4.74 Å². The van der Waals surface area contributed by atoms with Crippen LogP contribution in [0.15, 0.2) is 53.4 Å². The molecule has 1 saturated heterocycles. The van der Waals surface area contributed by atoms with Crippen LogP contribution >= 0.6 is 11.6 Å². The average Bonchev–Trinajstić information content (AvgIpc) is 2.74. The number of rotatable bonds is 7. The molecule has 6 nitrogen and oxygen atoms in total. The van der Waals surface area contributed by atoms with E-state index in [9.17, 15) is 13.2 Å². The Morgan fingerprint density at radius 1 is 1.14 bits per heavy atom. The lowest BCUT2D eigenvalue weighted by atomic mass is 9.97. The number of likely N-dealkylation sites (tertiary alicyclic amines) is 1. The number of sulfonamides is 1. The molecule has 1 aliphatic rings. The predicted octanol–water partition coefficient (Wildman–Crippen LogP) is 3.32. The summed E-state index contributed by atoms with van der Waals surface area (Å²) in [5, 5.41) is 0.778. The number of benzene rings is 2. The van der Waals surface area contributed by atoms with Crippen LogP contribution in [-0.2, 0) is 21.3 Å². The second-order valence-electron chi connectivity index (χ2n) is 7.18. The minimum Gasteiger partial charge on any atom is -0.465 e. The maximum Gasteiger partial charge on any atom is 0.337 e. The Balaban J connectivity index is 1.49. The van der Waals surface area contributed by atoms with Crippen molar-refractivity contribution in [3.63, 3.8) is 0 Å². The zero-order chi connectivity index (χ0) is 20.9. The molecule has 0 aromatic heterocycles. The van der Waals surface area contributed by atoms with Crippen LogP contribution < -0.4 is 4.72 Å². The normalized spacial score (nSPS) is 15.9. The van der Waals surface area contributed by atoms with Crippen molar-refractivity contribution in [2.75, 3.05) is 26.7 Å². The van der Waals surface area contributed by atoms with Gasteiger partial charge in [-0.2, -0.15) is 0 Å². The van der Waals surface area contributed by atoms with Gasteiger partial charge in [-0.15, -0.1) is 0 Å². The van der Waals surface area contributed by atoms with Crippen LogP contribution in [0.4, 0.5) is 0 Å². The number of hydrogen-bond acceptors (Lipinski definition) is 5. The van der Waals surface area contributed by atoms with Crippen molar-refractivity contribution in [3.8, 4) is 0 Å². The highest BCUT2D eigenvalue weighted by molar-refractivity contribution is 7.89. The van der Waals surface area contributed by atoms with Crippen molar-refractivity contribution in [2.24, 2.45) is 5.92 Å². The van der Waals surface area contributed by atoms with Crippen molar-refractivity contribution in [1.82, 2.24) is 9.62 Å². The summed E-state index contributed by atoms with van der Waals surface area (Å²) in [7, 11) is -2.32. The van der Waals surface area contributed by atoms with Gasteiger partial charge in [-0.3, -0.25) is 4.90 Å².